The van der Waals surface area contributed by atoms with Crippen LogP contribution in [0.15, 0.2) is 21.2 Å². The Morgan fingerprint density at radius 3 is 2.70 bits per heavy atom. The van der Waals surface area contributed by atoms with Gasteiger partial charge < -0.3 is 9.15 Å². The van der Waals surface area contributed by atoms with E-state index in [-0.39, 0.29) is 5.60 Å². The monoisotopic (exact) mass is 202 g/mol. The maximum atomic E-state index is 5.30. The van der Waals surface area contributed by atoms with Gasteiger partial charge in [0.25, 0.3) is 0 Å². The molecule has 0 amide bonds. The van der Waals surface area contributed by atoms with Gasteiger partial charge in [0.1, 0.15) is 11.4 Å². The second kappa shape index (κ2) is 1.86. The Morgan fingerprint density at radius 1 is 1.60 bits per heavy atom. The Bertz CT molecular complexity index is 250. The highest BCUT2D eigenvalue weighted by Crippen LogP contribution is 2.39. The van der Waals surface area contributed by atoms with Crippen LogP contribution in [-0.2, 0) is 10.3 Å². The lowest BCUT2D eigenvalue weighted by Crippen LogP contribution is -1.98. The Labute approximate surface area is 67.3 Å². The molecule has 10 heavy (non-hydrogen) atoms. The van der Waals surface area contributed by atoms with E-state index in [1.807, 2.05) is 19.1 Å². The van der Waals surface area contributed by atoms with Crippen molar-refractivity contribution in [3.63, 3.8) is 0 Å². The molecule has 1 aliphatic heterocycles. The number of halogens is 1. The van der Waals surface area contributed by atoms with E-state index >= 15 is 0 Å². The number of hydrogen-bond donors (Lipinski definition) is 0. The van der Waals surface area contributed by atoms with E-state index < -0.39 is 0 Å². The van der Waals surface area contributed by atoms with Crippen LogP contribution in [-0.4, -0.2) is 6.61 Å². The van der Waals surface area contributed by atoms with Crippen LogP contribution < -0.4 is 0 Å². The van der Waals surface area contributed by atoms with Crippen LogP contribution in [0.2, 0.25) is 0 Å². The summed E-state index contributed by atoms with van der Waals surface area (Å²) in [5.41, 5.74) is -0.133. The molecule has 1 aromatic heterocycles. The van der Waals surface area contributed by atoms with Crippen LogP contribution in [0.1, 0.15) is 12.7 Å². The molecule has 0 aliphatic carbocycles. The van der Waals surface area contributed by atoms with Crippen molar-refractivity contribution >= 4 is 15.9 Å². The zero-order valence-corrected chi connectivity index (χ0v) is 7.14. The quantitative estimate of drug-likeness (QED) is 0.654. The SMILES string of the molecule is CC1(c2ccc(Br)o2)CO1. The summed E-state index contributed by atoms with van der Waals surface area (Å²) in [5.74, 6) is 0.902. The van der Waals surface area contributed by atoms with Crippen molar-refractivity contribution in [1.29, 1.82) is 0 Å². The Kier molecular flexibility index (Phi) is 1.20. The first-order chi connectivity index (χ1) is 4.71. The largest absolute Gasteiger partial charge is 0.451 e. The molecular weight excluding hydrogens is 196 g/mol. The summed E-state index contributed by atoms with van der Waals surface area (Å²) in [5, 5.41) is 0. The molecule has 0 aromatic carbocycles. The van der Waals surface area contributed by atoms with Crippen LogP contribution in [0.4, 0.5) is 0 Å². The van der Waals surface area contributed by atoms with Crippen molar-refractivity contribution in [2.75, 3.05) is 6.61 Å². The summed E-state index contributed by atoms with van der Waals surface area (Å²) in [6.45, 7) is 2.78. The lowest BCUT2D eigenvalue weighted by atomic mass is 10.1. The van der Waals surface area contributed by atoms with E-state index in [9.17, 15) is 0 Å². The molecular formula is C7H7BrO2. The van der Waals surface area contributed by atoms with Crippen LogP contribution in [0.3, 0.4) is 0 Å². The highest BCUT2D eigenvalue weighted by Gasteiger charge is 2.44. The normalized spacial score (nSPS) is 30.6. The minimum Gasteiger partial charge on any atom is -0.451 e. The third-order valence-electron chi connectivity index (χ3n) is 1.67. The van der Waals surface area contributed by atoms with Gasteiger partial charge in [-0.05, 0) is 35.0 Å². The molecule has 0 radical (unpaired) electrons. The van der Waals surface area contributed by atoms with Crippen molar-refractivity contribution in [2.24, 2.45) is 0 Å². The minimum absolute atomic E-state index is 0.133. The van der Waals surface area contributed by atoms with Crippen molar-refractivity contribution in [2.45, 2.75) is 12.5 Å². The number of furan rings is 1. The summed E-state index contributed by atoms with van der Waals surface area (Å²) in [7, 11) is 0. The van der Waals surface area contributed by atoms with Gasteiger partial charge in [-0.25, -0.2) is 0 Å². The van der Waals surface area contributed by atoms with E-state index in [0.29, 0.717) is 0 Å². The summed E-state index contributed by atoms with van der Waals surface area (Å²) in [6.07, 6.45) is 0. The van der Waals surface area contributed by atoms with Gasteiger partial charge in [0.05, 0.1) is 6.61 Å². The lowest BCUT2D eigenvalue weighted by molar-refractivity contribution is 0.282. The average Bonchev–Trinajstić information content (AvgIpc) is 2.45. The first kappa shape index (κ1) is 6.43. The van der Waals surface area contributed by atoms with Gasteiger partial charge in [-0.2, -0.15) is 0 Å². The molecule has 1 atom stereocenters. The predicted octanol–water partition coefficient (Wildman–Crippen LogP) is 2.29. The lowest BCUT2D eigenvalue weighted by Gasteiger charge is -1.96. The first-order valence-corrected chi connectivity index (χ1v) is 3.90. The summed E-state index contributed by atoms with van der Waals surface area (Å²) in [4.78, 5) is 0. The number of hydrogen-bond acceptors (Lipinski definition) is 2. The first-order valence-electron chi connectivity index (χ1n) is 3.10. The molecule has 1 aliphatic rings. The van der Waals surface area contributed by atoms with Crippen molar-refractivity contribution in [3.8, 4) is 0 Å². The number of ether oxygens (including phenoxy) is 1. The fourth-order valence-corrected chi connectivity index (χ4v) is 1.16. The van der Waals surface area contributed by atoms with E-state index in [1.165, 1.54) is 0 Å². The smallest absolute Gasteiger partial charge is 0.169 e. The molecule has 1 fully saturated rings. The van der Waals surface area contributed by atoms with Crippen molar-refractivity contribution < 1.29 is 9.15 Å². The Balaban J connectivity index is 2.34. The molecule has 0 saturated carbocycles. The molecule has 54 valence electrons. The third kappa shape index (κ3) is 0.896. The van der Waals surface area contributed by atoms with Gasteiger partial charge >= 0.3 is 0 Å². The summed E-state index contributed by atoms with van der Waals surface area (Å²) < 4.78 is 11.2. The molecule has 0 spiro atoms. The molecule has 0 bridgehead atoms. The fraction of sp³-hybridized carbons (Fsp3) is 0.429. The molecule has 3 heteroatoms. The van der Waals surface area contributed by atoms with Crippen LogP contribution >= 0.6 is 15.9 Å². The van der Waals surface area contributed by atoms with Gasteiger partial charge in [0.2, 0.25) is 0 Å². The maximum absolute atomic E-state index is 5.30. The molecule has 0 N–H and O–H groups in total. The number of rotatable bonds is 1. The summed E-state index contributed by atoms with van der Waals surface area (Å²) in [6, 6.07) is 3.80. The number of epoxide rings is 1. The predicted molar refractivity (Wildman–Crippen MR) is 39.7 cm³/mol. The second-order valence-corrected chi connectivity index (χ2v) is 3.40. The standard InChI is InChI=1S/C7H7BrO2/c1-7(4-9-7)5-2-3-6(8)10-5/h2-3H,4H2,1H3. The highest BCUT2D eigenvalue weighted by molar-refractivity contribution is 9.10. The van der Waals surface area contributed by atoms with E-state index in [0.717, 1.165) is 17.0 Å². The molecule has 1 saturated heterocycles. The van der Waals surface area contributed by atoms with Crippen LogP contribution in [0, 0.1) is 0 Å². The van der Waals surface area contributed by atoms with E-state index in [4.69, 9.17) is 9.15 Å². The van der Waals surface area contributed by atoms with Crippen LogP contribution in [0.25, 0.3) is 0 Å². The average molecular weight is 203 g/mol. The molecule has 1 aromatic rings. The third-order valence-corrected chi connectivity index (χ3v) is 2.10. The van der Waals surface area contributed by atoms with Crippen LogP contribution in [0.5, 0.6) is 0 Å². The van der Waals surface area contributed by atoms with Crippen molar-refractivity contribution in [3.05, 3.63) is 22.6 Å². The maximum Gasteiger partial charge on any atom is 0.169 e. The highest BCUT2D eigenvalue weighted by atomic mass is 79.9. The van der Waals surface area contributed by atoms with E-state index in [1.54, 1.807) is 0 Å². The van der Waals surface area contributed by atoms with Gasteiger partial charge in [-0.1, -0.05) is 0 Å². The Morgan fingerprint density at radius 2 is 2.30 bits per heavy atom. The van der Waals surface area contributed by atoms with Gasteiger partial charge in [0, 0.05) is 0 Å². The van der Waals surface area contributed by atoms with E-state index in [2.05, 4.69) is 15.9 Å². The van der Waals surface area contributed by atoms with Gasteiger partial charge in [-0.15, -0.1) is 0 Å². The molecule has 2 heterocycles. The zero-order chi connectivity index (χ0) is 7.19. The zero-order valence-electron chi connectivity index (χ0n) is 5.56. The summed E-state index contributed by atoms with van der Waals surface area (Å²) >= 11 is 3.23. The molecule has 2 nitrogen and oxygen atoms in total. The van der Waals surface area contributed by atoms with Gasteiger partial charge in [0.15, 0.2) is 4.67 Å². The second-order valence-electron chi connectivity index (χ2n) is 2.62. The molecule has 1 unspecified atom stereocenters. The topological polar surface area (TPSA) is 25.7 Å². The molecule has 2 rings (SSSR count). The Hall–Kier alpha value is -0.280. The fourth-order valence-electron chi connectivity index (χ4n) is 0.849. The van der Waals surface area contributed by atoms with Crippen molar-refractivity contribution in [1.82, 2.24) is 0 Å². The minimum atomic E-state index is -0.133. The van der Waals surface area contributed by atoms with Gasteiger partial charge in [-0.3, -0.25) is 0 Å².